The van der Waals surface area contributed by atoms with Crippen molar-refractivity contribution < 1.29 is 26.3 Å². The number of pyridine rings is 1. The Balaban J connectivity index is 1.92. The average Bonchev–Trinajstić information content (AvgIpc) is 3.31. The Labute approximate surface area is 190 Å². The Hall–Kier alpha value is -3.69. The highest BCUT2D eigenvalue weighted by molar-refractivity contribution is 7.93. The fraction of sp³-hybridized carbons (Fsp3) is 0.0952. The molecule has 0 N–H and O–H groups in total. The van der Waals surface area contributed by atoms with Crippen LogP contribution < -0.4 is 9.04 Å². The zero-order valence-corrected chi connectivity index (χ0v) is 18.2. The van der Waals surface area contributed by atoms with Gasteiger partial charge in [0, 0.05) is 29.4 Å². The lowest BCUT2D eigenvalue weighted by atomic mass is 10.2. The number of anilines is 2. The number of nitrogens with zero attached hydrogens (tertiary/aromatic N) is 4. The van der Waals surface area contributed by atoms with E-state index in [9.17, 15) is 21.6 Å². The van der Waals surface area contributed by atoms with Gasteiger partial charge in [-0.05, 0) is 41.8 Å². The SMILES string of the molecule is N#CCOc1cc(C(F)(F)F)ccc1N(c1nccs1)S(=O)(=O)c1ccc2cnccc2c1. The second-order valence-electron chi connectivity index (χ2n) is 6.60. The maximum absolute atomic E-state index is 13.7. The first-order valence-electron chi connectivity index (χ1n) is 9.21. The number of rotatable bonds is 6. The standard InChI is InChI=1S/C21H13F3N4O3S2/c22-21(23,24)16-2-4-18(19(12-16)31-9-6-25)28(20-27-8-10-32-20)33(29,30)17-3-1-15-13-26-7-5-14(15)11-17/h1-5,7-8,10-13H,9H2. The van der Waals surface area contributed by atoms with E-state index in [0.717, 1.165) is 27.8 Å². The number of alkyl halides is 3. The molecule has 7 nitrogen and oxygen atoms in total. The van der Waals surface area contributed by atoms with Gasteiger partial charge >= 0.3 is 6.18 Å². The Morgan fingerprint density at radius 2 is 1.91 bits per heavy atom. The number of aromatic nitrogens is 2. The van der Waals surface area contributed by atoms with Gasteiger partial charge in [0.1, 0.15) is 17.5 Å². The van der Waals surface area contributed by atoms with E-state index in [0.29, 0.717) is 16.8 Å². The lowest BCUT2D eigenvalue weighted by Gasteiger charge is -2.24. The van der Waals surface area contributed by atoms with Crippen molar-refractivity contribution in [1.29, 1.82) is 5.26 Å². The molecule has 0 aliphatic heterocycles. The summed E-state index contributed by atoms with van der Waals surface area (Å²) in [7, 11) is -4.35. The molecule has 33 heavy (non-hydrogen) atoms. The molecule has 0 radical (unpaired) electrons. The summed E-state index contributed by atoms with van der Waals surface area (Å²) < 4.78 is 73.3. The summed E-state index contributed by atoms with van der Waals surface area (Å²) in [5.74, 6) is -0.421. The van der Waals surface area contributed by atoms with Gasteiger partial charge in [0.25, 0.3) is 10.0 Å². The van der Waals surface area contributed by atoms with E-state index in [2.05, 4.69) is 9.97 Å². The first-order chi connectivity index (χ1) is 15.7. The van der Waals surface area contributed by atoms with Gasteiger partial charge in [0.2, 0.25) is 5.13 Å². The molecular weight excluding hydrogens is 477 g/mol. The molecule has 0 aliphatic rings. The van der Waals surface area contributed by atoms with Crippen molar-refractivity contribution in [1.82, 2.24) is 9.97 Å². The number of sulfonamides is 1. The highest BCUT2D eigenvalue weighted by Crippen LogP contribution is 2.42. The van der Waals surface area contributed by atoms with Gasteiger partial charge in [-0.1, -0.05) is 6.07 Å². The Morgan fingerprint density at radius 3 is 2.61 bits per heavy atom. The fourth-order valence-corrected chi connectivity index (χ4v) is 5.43. The van der Waals surface area contributed by atoms with Crippen molar-refractivity contribution in [3.8, 4) is 11.8 Å². The van der Waals surface area contributed by atoms with E-state index >= 15 is 0 Å². The van der Waals surface area contributed by atoms with E-state index in [1.807, 2.05) is 0 Å². The van der Waals surface area contributed by atoms with Crippen molar-refractivity contribution in [2.24, 2.45) is 0 Å². The van der Waals surface area contributed by atoms with Crippen LogP contribution in [0.4, 0.5) is 24.0 Å². The molecule has 0 fully saturated rings. The summed E-state index contributed by atoms with van der Waals surface area (Å²) in [6.45, 7) is -0.580. The number of hydrogen-bond acceptors (Lipinski definition) is 7. The number of ether oxygens (including phenoxy) is 1. The van der Waals surface area contributed by atoms with E-state index in [1.54, 1.807) is 24.4 Å². The summed E-state index contributed by atoms with van der Waals surface area (Å²) in [5.41, 5.74) is -1.25. The molecule has 0 amide bonds. The van der Waals surface area contributed by atoms with Crippen molar-refractivity contribution >= 4 is 43.0 Å². The quantitative estimate of drug-likeness (QED) is 0.371. The third-order valence-electron chi connectivity index (χ3n) is 4.54. The number of fused-ring (bicyclic) bond motifs is 1. The minimum Gasteiger partial charge on any atom is -0.477 e. The molecule has 0 unspecified atom stereocenters. The highest BCUT2D eigenvalue weighted by Gasteiger charge is 2.35. The Morgan fingerprint density at radius 1 is 1.09 bits per heavy atom. The van der Waals surface area contributed by atoms with Gasteiger partial charge < -0.3 is 4.74 Å². The summed E-state index contributed by atoms with van der Waals surface area (Å²) >= 11 is 0.976. The predicted octanol–water partition coefficient (Wildman–Crippen LogP) is 5.14. The van der Waals surface area contributed by atoms with Crippen LogP contribution in [0.2, 0.25) is 0 Å². The Bertz CT molecular complexity index is 1450. The van der Waals surface area contributed by atoms with Crippen molar-refractivity contribution in [2.75, 3.05) is 10.9 Å². The fourth-order valence-electron chi connectivity index (χ4n) is 3.06. The van der Waals surface area contributed by atoms with Crippen molar-refractivity contribution in [2.45, 2.75) is 11.1 Å². The predicted molar refractivity (Wildman–Crippen MR) is 116 cm³/mol. The molecule has 12 heteroatoms. The molecule has 2 aromatic heterocycles. The maximum Gasteiger partial charge on any atom is 0.416 e. The molecule has 0 spiro atoms. The molecule has 2 heterocycles. The number of nitriles is 1. The maximum atomic E-state index is 13.7. The second kappa shape index (κ2) is 8.68. The van der Waals surface area contributed by atoms with E-state index in [-0.39, 0.29) is 15.7 Å². The molecule has 0 atom stereocenters. The smallest absolute Gasteiger partial charge is 0.416 e. The molecule has 168 valence electrons. The minimum atomic E-state index is -4.69. The lowest BCUT2D eigenvalue weighted by molar-refractivity contribution is -0.137. The number of benzene rings is 2. The van der Waals surface area contributed by atoms with Crippen LogP contribution in [-0.2, 0) is 16.2 Å². The van der Waals surface area contributed by atoms with Crippen LogP contribution in [-0.4, -0.2) is 25.0 Å². The van der Waals surface area contributed by atoms with Gasteiger partial charge in [0.15, 0.2) is 6.61 Å². The number of hydrogen-bond donors (Lipinski definition) is 0. The first kappa shape index (κ1) is 22.5. The normalized spacial score (nSPS) is 11.8. The van der Waals surface area contributed by atoms with Gasteiger partial charge in [-0.15, -0.1) is 11.3 Å². The van der Waals surface area contributed by atoms with Crippen LogP contribution in [0.1, 0.15) is 5.56 Å². The molecule has 0 aliphatic carbocycles. The third-order valence-corrected chi connectivity index (χ3v) is 7.11. The van der Waals surface area contributed by atoms with Crippen LogP contribution in [0.25, 0.3) is 10.8 Å². The average molecular weight is 490 g/mol. The molecule has 4 rings (SSSR count). The highest BCUT2D eigenvalue weighted by atomic mass is 32.2. The van der Waals surface area contributed by atoms with Gasteiger partial charge in [0.05, 0.1) is 10.5 Å². The van der Waals surface area contributed by atoms with E-state index < -0.39 is 34.1 Å². The summed E-state index contributed by atoms with van der Waals surface area (Å²) in [4.78, 5) is 7.94. The third kappa shape index (κ3) is 4.46. The van der Waals surface area contributed by atoms with Crippen molar-refractivity contribution in [3.63, 3.8) is 0 Å². The topological polar surface area (TPSA) is 96.2 Å². The molecule has 0 bridgehead atoms. The summed E-state index contributed by atoms with van der Waals surface area (Å²) in [6, 6.07) is 10.1. The molecule has 0 saturated heterocycles. The first-order valence-corrected chi connectivity index (χ1v) is 11.5. The minimum absolute atomic E-state index is 0.00797. The van der Waals surface area contributed by atoms with Gasteiger partial charge in [-0.25, -0.2) is 17.7 Å². The number of halogens is 3. The Kier molecular flexibility index (Phi) is 5.92. The van der Waals surface area contributed by atoms with Crippen molar-refractivity contribution in [3.05, 3.63) is 72.0 Å². The summed E-state index contributed by atoms with van der Waals surface area (Å²) in [6.07, 6.45) is -0.232. The van der Waals surface area contributed by atoms with Crippen LogP contribution >= 0.6 is 11.3 Å². The molecule has 4 aromatic rings. The van der Waals surface area contributed by atoms with Crippen LogP contribution in [0, 0.1) is 11.3 Å². The van der Waals surface area contributed by atoms with E-state index in [4.69, 9.17) is 10.00 Å². The molecule has 2 aromatic carbocycles. The lowest BCUT2D eigenvalue weighted by Crippen LogP contribution is -2.27. The zero-order chi connectivity index (χ0) is 23.6. The summed E-state index contributed by atoms with van der Waals surface area (Å²) in [5, 5.41) is 11.7. The van der Waals surface area contributed by atoms with Crippen LogP contribution in [0.15, 0.2) is 71.3 Å². The molecule has 0 saturated carbocycles. The van der Waals surface area contributed by atoms with Crippen LogP contribution in [0.3, 0.4) is 0 Å². The second-order valence-corrected chi connectivity index (χ2v) is 9.26. The van der Waals surface area contributed by atoms with E-state index in [1.165, 1.54) is 29.9 Å². The molecular formula is C21H13F3N4O3S2. The van der Waals surface area contributed by atoms with Crippen LogP contribution in [0.5, 0.6) is 5.75 Å². The monoisotopic (exact) mass is 490 g/mol. The number of thiazole rings is 1. The van der Waals surface area contributed by atoms with Gasteiger partial charge in [-0.2, -0.15) is 18.4 Å². The largest absolute Gasteiger partial charge is 0.477 e. The van der Waals surface area contributed by atoms with Gasteiger partial charge in [-0.3, -0.25) is 4.98 Å². The zero-order valence-electron chi connectivity index (χ0n) is 16.5.